The van der Waals surface area contributed by atoms with Gasteiger partial charge in [0.2, 0.25) is 11.7 Å². The first-order valence-corrected chi connectivity index (χ1v) is 7.33. The quantitative estimate of drug-likeness (QED) is 0.822. The number of hydrogen-bond donors (Lipinski definition) is 1. The molecule has 1 aromatic carbocycles. The highest BCUT2D eigenvalue weighted by Crippen LogP contribution is 2.23. The zero-order valence-corrected chi connectivity index (χ0v) is 11.7. The maximum atomic E-state index is 12.2. The van der Waals surface area contributed by atoms with Crippen LogP contribution >= 0.6 is 0 Å². The van der Waals surface area contributed by atoms with Crippen molar-refractivity contribution in [2.45, 2.75) is 44.3 Å². The van der Waals surface area contributed by atoms with Gasteiger partial charge in [-0.15, -0.1) is 0 Å². The Kier molecular flexibility index (Phi) is 3.73. The predicted molar refractivity (Wildman–Crippen MR) is 76.2 cm³/mol. The van der Waals surface area contributed by atoms with Gasteiger partial charge in [0.15, 0.2) is 0 Å². The Morgan fingerprint density at radius 2 is 1.86 bits per heavy atom. The molecule has 2 fully saturated rings. The molecule has 1 aromatic rings. The van der Waals surface area contributed by atoms with Gasteiger partial charge in [0.1, 0.15) is 6.04 Å². The molecule has 2 amide bonds. The van der Waals surface area contributed by atoms with Crippen molar-refractivity contribution in [2.75, 3.05) is 0 Å². The zero-order valence-electron chi connectivity index (χ0n) is 11.7. The van der Waals surface area contributed by atoms with Crippen LogP contribution in [0.25, 0.3) is 0 Å². The summed E-state index contributed by atoms with van der Waals surface area (Å²) < 4.78 is 0. The van der Waals surface area contributed by atoms with Gasteiger partial charge in [0.25, 0.3) is 5.91 Å². The number of hydrogen-bond acceptors (Lipinski definition) is 3. The number of amides is 2. The molecule has 0 bridgehead atoms. The maximum absolute atomic E-state index is 12.2. The van der Waals surface area contributed by atoms with E-state index in [2.05, 4.69) is 5.32 Å². The van der Waals surface area contributed by atoms with Crippen LogP contribution in [0.15, 0.2) is 30.3 Å². The fourth-order valence-electron chi connectivity index (χ4n) is 2.62. The second-order valence-electron chi connectivity index (χ2n) is 5.67. The summed E-state index contributed by atoms with van der Waals surface area (Å²) in [6, 6.07) is 9.06. The van der Waals surface area contributed by atoms with E-state index in [0.29, 0.717) is 19.4 Å². The summed E-state index contributed by atoms with van der Waals surface area (Å²) in [6.07, 6.45) is 2.65. The lowest BCUT2D eigenvalue weighted by atomic mass is 10.1. The number of carbonyl (C=O) groups is 3. The zero-order chi connectivity index (χ0) is 14.8. The van der Waals surface area contributed by atoms with Crippen molar-refractivity contribution in [2.24, 2.45) is 0 Å². The summed E-state index contributed by atoms with van der Waals surface area (Å²) in [7, 11) is 0. The molecular formula is C16H18N2O3. The van der Waals surface area contributed by atoms with Crippen LogP contribution in [-0.4, -0.2) is 34.6 Å². The monoisotopic (exact) mass is 286 g/mol. The standard InChI is InChI=1S/C16H18N2O3/c19-14-9-8-13(15(20)16(21)17-12-6-7-12)18(14)10-11-4-2-1-3-5-11/h1-5,12-13H,6-10H2,(H,17,21)/t13-/m1/s1. The third-order valence-electron chi connectivity index (χ3n) is 3.96. The Bertz CT molecular complexity index is 566. The van der Waals surface area contributed by atoms with Gasteiger partial charge in [0.05, 0.1) is 0 Å². The highest BCUT2D eigenvalue weighted by Gasteiger charge is 2.39. The largest absolute Gasteiger partial charge is 0.347 e. The Balaban J connectivity index is 1.69. The van der Waals surface area contributed by atoms with Crippen LogP contribution in [0, 0.1) is 0 Å². The summed E-state index contributed by atoms with van der Waals surface area (Å²) in [5.74, 6) is -1.09. The third-order valence-corrected chi connectivity index (χ3v) is 3.96. The second-order valence-corrected chi connectivity index (χ2v) is 5.67. The highest BCUT2D eigenvalue weighted by molar-refractivity contribution is 6.38. The predicted octanol–water partition coefficient (Wildman–Crippen LogP) is 1.03. The first kappa shape index (κ1) is 13.8. The van der Waals surface area contributed by atoms with Gasteiger partial charge in [-0.25, -0.2) is 0 Å². The van der Waals surface area contributed by atoms with E-state index < -0.39 is 17.7 Å². The van der Waals surface area contributed by atoms with Gasteiger partial charge in [-0.05, 0) is 24.8 Å². The van der Waals surface area contributed by atoms with Gasteiger partial charge in [-0.3, -0.25) is 14.4 Å². The van der Waals surface area contributed by atoms with Crippen LogP contribution in [0.5, 0.6) is 0 Å². The summed E-state index contributed by atoms with van der Waals surface area (Å²) in [6.45, 7) is 0.382. The van der Waals surface area contributed by atoms with Crippen molar-refractivity contribution >= 4 is 17.6 Å². The lowest BCUT2D eigenvalue weighted by molar-refractivity contribution is -0.143. The van der Waals surface area contributed by atoms with E-state index in [9.17, 15) is 14.4 Å². The topological polar surface area (TPSA) is 66.5 Å². The molecule has 0 spiro atoms. The molecule has 1 saturated heterocycles. The van der Waals surface area contributed by atoms with Crippen LogP contribution in [0.2, 0.25) is 0 Å². The molecule has 5 nitrogen and oxygen atoms in total. The molecule has 1 atom stereocenters. The lowest BCUT2D eigenvalue weighted by Crippen LogP contribution is -2.45. The third kappa shape index (κ3) is 3.12. The first-order chi connectivity index (χ1) is 10.1. The van der Waals surface area contributed by atoms with E-state index >= 15 is 0 Å². The molecule has 110 valence electrons. The minimum Gasteiger partial charge on any atom is -0.347 e. The molecule has 5 heteroatoms. The van der Waals surface area contributed by atoms with E-state index in [1.807, 2.05) is 30.3 Å². The van der Waals surface area contributed by atoms with Crippen LogP contribution in [-0.2, 0) is 20.9 Å². The Hall–Kier alpha value is -2.17. The highest BCUT2D eigenvalue weighted by atomic mass is 16.2. The van der Waals surface area contributed by atoms with Gasteiger partial charge in [-0.1, -0.05) is 30.3 Å². The second kappa shape index (κ2) is 5.68. The molecule has 2 aliphatic rings. The Labute approximate surface area is 123 Å². The van der Waals surface area contributed by atoms with Crippen LogP contribution in [0.1, 0.15) is 31.2 Å². The smallest absolute Gasteiger partial charge is 0.289 e. The summed E-state index contributed by atoms with van der Waals surface area (Å²) in [5, 5.41) is 2.70. The molecule has 1 heterocycles. The SMILES string of the molecule is O=C(NC1CC1)C(=O)[C@H]1CCC(=O)N1Cc1ccccc1. The molecule has 0 aromatic heterocycles. The summed E-state index contributed by atoms with van der Waals surface area (Å²) in [4.78, 5) is 37.7. The molecule has 1 N–H and O–H groups in total. The number of nitrogens with one attached hydrogen (secondary N) is 1. The van der Waals surface area contributed by atoms with Gasteiger partial charge in [0, 0.05) is 19.0 Å². The number of nitrogens with zero attached hydrogens (tertiary/aromatic N) is 1. The molecule has 1 aliphatic heterocycles. The molecule has 3 rings (SSSR count). The average Bonchev–Trinajstić information content (AvgIpc) is 3.23. The Morgan fingerprint density at radius 3 is 2.52 bits per heavy atom. The lowest BCUT2D eigenvalue weighted by Gasteiger charge is -2.23. The normalized spacial score (nSPS) is 21.4. The van der Waals surface area contributed by atoms with E-state index in [4.69, 9.17) is 0 Å². The van der Waals surface area contributed by atoms with Gasteiger partial charge in [-0.2, -0.15) is 0 Å². The molecular weight excluding hydrogens is 268 g/mol. The summed E-state index contributed by atoms with van der Waals surface area (Å²) in [5.41, 5.74) is 0.966. The molecule has 21 heavy (non-hydrogen) atoms. The molecule has 0 unspecified atom stereocenters. The molecule has 1 saturated carbocycles. The van der Waals surface area contributed by atoms with Crippen molar-refractivity contribution in [3.05, 3.63) is 35.9 Å². The van der Waals surface area contributed by atoms with Crippen LogP contribution in [0.3, 0.4) is 0 Å². The van der Waals surface area contributed by atoms with Crippen molar-refractivity contribution in [1.82, 2.24) is 10.2 Å². The van der Waals surface area contributed by atoms with Crippen molar-refractivity contribution in [3.8, 4) is 0 Å². The number of carbonyl (C=O) groups excluding carboxylic acids is 3. The number of ketones is 1. The fourth-order valence-corrected chi connectivity index (χ4v) is 2.62. The summed E-state index contributed by atoms with van der Waals surface area (Å²) >= 11 is 0. The number of rotatable bonds is 5. The molecule has 1 aliphatic carbocycles. The number of benzene rings is 1. The van der Waals surface area contributed by atoms with Crippen LogP contribution < -0.4 is 5.32 Å². The van der Waals surface area contributed by atoms with Gasteiger partial charge < -0.3 is 10.2 Å². The van der Waals surface area contributed by atoms with Crippen molar-refractivity contribution in [1.29, 1.82) is 0 Å². The van der Waals surface area contributed by atoms with Crippen molar-refractivity contribution < 1.29 is 14.4 Å². The molecule has 0 radical (unpaired) electrons. The fraction of sp³-hybridized carbons (Fsp3) is 0.438. The van der Waals surface area contributed by atoms with E-state index in [1.54, 1.807) is 0 Å². The number of likely N-dealkylation sites (tertiary alicyclic amines) is 1. The minimum atomic E-state index is -0.614. The van der Waals surface area contributed by atoms with E-state index in [-0.39, 0.29) is 11.9 Å². The number of Topliss-reactive ketones (excluding diaryl/α,β-unsaturated/α-hetero) is 1. The maximum Gasteiger partial charge on any atom is 0.289 e. The average molecular weight is 286 g/mol. The van der Waals surface area contributed by atoms with E-state index in [1.165, 1.54) is 4.90 Å². The van der Waals surface area contributed by atoms with Gasteiger partial charge >= 0.3 is 0 Å². The van der Waals surface area contributed by atoms with Crippen molar-refractivity contribution in [3.63, 3.8) is 0 Å². The van der Waals surface area contributed by atoms with Crippen LogP contribution in [0.4, 0.5) is 0 Å². The minimum absolute atomic E-state index is 0.0589. The van der Waals surface area contributed by atoms with E-state index in [0.717, 1.165) is 18.4 Å². The Morgan fingerprint density at radius 1 is 1.14 bits per heavy atom. The first-order valence-electron chi connectivity index (χ1n) is 7.33.